The summed E-state index contributed by atoms with van der Waals surface area (Å²) < 4.78 is 5.70. The van der Waals surface area contributed by atoms with Crippen molar-refractivity contribution in [3.8, 4) is 0 Å². The lowest BCUT2D eigenvalue weighted by molar-refractivity contribution is 0.00463. The fourth-order valence-corrected chi connectivity index (χ4v) is 2.74. The van der Waals surface area contributed by atoms with Gasteiger partial charge >= 0.3 is 6.03 Å². The Morgan fingerprint density at radius 3 is 2.90 bits per heavy atom. The number of likely N-dealkylation sites (N-methyl/N-ethyl adjacent to an activating group) is 1. The number of para-hydroxylation sites is 1. The zero-order valence-corrected chi connectivity index (χ0v) is 13.3. The number of ether oxygens (including phenoxy) is 1. The third-order valence-electron chi connectivity index (χ3n) is 4.07. The number of nitrogens with zero attached hydrogens (tertiary/aromatic N) is 1. The monoisotopic (exact) mass is 290 g/mol. The molecule has 0 saturated carbocycles. The van der Waals surface area contributed by atoms with E-state index in [4.69, 9.17) is 4.74 Å². The fourth-order valence-electron chi connectivity index (χ4n) is 2.74. The minimum absolute atomic E-state index is 0.0619. The highest BCUT2D eigenvalue weighted by Crippen LogP contribution is 2.21. The Morgan fingerprint density at radius 2 is 2.24 bits per heavy atom. The van der Waals surface area contributed by atoms with Gasteiger partial charge in [0.25, 0.3) is 0 Å². The number of benzene rings is 1. The molecule has 2 rings (SSSR count). The van der Waals surface area contributed by atoms with Crippen LogP contribution in [-0.2, 0) is 11.2 Å². The number of nitrogens with one attached hydrogen (secondary N) is 1. The van der Waals surface area contributed by atoms with Crippen LogP contribution in [0.15, 0.2) is 18.2 Å². The van der Waals surface area contributed by atoms with Crippen molar-refractivity contribution >= 4 is 11.7 Å². The second-order valence-electron chi connectivity index (χ2n) is 5.76. The van der Waals surface area contributed by atoms with Crippen LogP contribution in [0.5, 0.6) is 0 Å². The van der Waals surface area contributed by atoms with Gasteiger partial charge in [0.2, 0.25) is 0 Å². The SMILES string of the molecule is CCc1cccc(C)c1NC(=O)N(C)C[C@@H]1CCCCO1. The number of carbonyl (C=O) groups is 1. The number of amides is 2. The molecule has 1 aromatic rings. The van der Waals surface area contributed by atoms with E-state index in [1.807, 2.05) is 26.1 Å². The summed E-state index contributed by atoms with van der Waals surface area (Å²) in [6.45, 7) is 5.60. The van der Waals surface area contributed by atoms with E-state index in [1.54, 1.807) is 4.90 Å². The zero-order chi connectivity index (χ0) is 15.2. The van der Waals surface area contributed by atoms with Gasteiger partial charge < -0.3 is 15.0 Å². The first-order chi connectivity index (χ1) is 10.1. The van der Waals surface area contributed by atoms with Gasteiger partial charge in [-0.25, -0.2) is 4.79 Å². The molecule has 21 heavy (non-hydrogen) atoms. The fraction of sp³-hybridized carbons (Fsp3) is 0.588. The molecule has 0 bridgehead atoms. The van der Waals surface area contributed by atoms with Gasteiger partial charge in [-0.2, -0.15) is 0 Å². The van der Waals surface area contributed by atoms with Crippen molar-refractivity contribution in [2.24, 2.45) is 0 Å². The Kier molecular flexibility index (Phi) is 5.62. The summed E-state index contributed by atoms with van der Waals surface area (Å²) in [7, 11) is 1.83. The summed E-state index contributed by atoms with van der Waals surface area (Å²) in [6, 6.07) is 6.06. The second-order valence-corrected chi connectivity index (χ2v) is 5.76. The molecule has 1 aliphatic heterocycles. The molecule has 1 heterocycles. The molecule has 0 unspecified atom stereocenters. The Labute approximate surface area is 127 Å². The number of hydrogen-bond acceptors (Lipinski definition) is 2. The van der Waals surface area contributed by atoms with E-state index in [1.165, 1.54) is 12.0 Å². The van der Waals surface area contributed by atoms with E-state index in [0.29, 0.717) is 6.54 Å². The lowest BCUT2D eigenvalue weighted by Crippen LogP contribution is -2.39. The highest BCUT2D eigenvalue weighted by atomic mass is 16.5. The maximum atomic E-state index is 12.4. The summed E-state index contributed by atoms with van der Waals surface area (Å²) in [5.74, 6) is 0. The van der Waals surface area contributed by atoms with Crippen molar-refractivity contribution in [1.29, 1.82) is 0 Å². The number of anilines is 1. The predicted octanol–water partition coefficient (Wildman–Crippen LogP) is 3.59. The van der Waals surface area contributed by atoms with E-state index >= 15 is 0 Å². The minimum Gasteiger partial charge on any atom is -0.376 e. The second kappa shape index (κ2) is 7.46. The molecule has 2 amide bonds. The van der Waals surface area contributed by atoms with Crippen molar-refractivity contribution in [2.45, 2.75) is 45.6 Å². The third kappa shape index (κ3) is 4.21. The first-order valence-corrected chi connectivity index (χ1v) is 7.84. The van der Waals surface area contributed by atoms with E-state index in [9.17, 15) is 4.79 Å². The molecular formula is C17H26N2O2. The number of aryl methyl sites for hydroxylation is 2. The van der Waals surface area contributed by atoms with Crippen molar-refractivity contribution in [2.75, 3.05) is 25.5 Å². The van der Waals surface area contributed by atoms with Gasteiger partial charge in [0.1, 0.15) is 0 Å². The first kappa shape index (κ1) is 15.8. The van der Waals surface area contributed by atoms with E-state index in [-0.39, 0.29) is 12.1 Å². The smallest absolute Gasteiger partial charge is 0.321 e. The van der Waals surface area contributed by atoms with Gasteiger partial charge in [-0.15, -0.1) is 0 Å². The topological polar surface area (TPSA) is 41.6 Å². The van der Waals surface area contributed by atoms with Crippen molar-refractivity contribution in [3.63, 3.8) is 0 Å². The molecule has 1 fully saturated rings. The average molecular weight is 290 g/mol. The standard InChI is InChI=1S/C17H26N2O2/c1-4-14-9-7-8-13(2)16(14)18-17(20)19(3)12-15-10-5-6-11-21-15/h7-9,15H,4-6,10-12H2,1-3H3,(H,18,20)/t15-/m0/s1. The molecule has 1 N–H and O–H groups in total. The van der Waals surface area contributed by atoms with Crippen molar-refractivity contribution in [3.05, 3.63) is 29.3 Å². The average Bonchev–Trinajstić information content (AvgIpc) is 2.50. The maximum absolute atomic E-state index is 12.4. The van der Waals surface area contributed by atoms with Crippen LogP contribution >= 0.6 is 0 Å². The van der Waals surface area contributed by atoms with E-state index < -0.39 is 0 Å². The van der Waals surface area contributed by atoms with E-state index in [0.717, 1.165) is 37.1 Å². The Bertz CT molecular complexity index is 482. The van der Waals surface area contributed by atoms with Gasteiger partial charge in [-0.1, -0.05) is 25.1 Å². The van der Waals surface area contributed by atoms with Crippen LogP contribution in [0.25, 0.3) is 0 Å². The van der Waals surface area contributed by atoms with Crippen LogP contribution in [0.2, 0.25) is 0 Å². The molecule has 4 nitrogen and oxygen atoms in total. The highest BCUT2D eigenvalue weighted by Gasteiger charge is 2.19. The predicted molar refractivity (Wildman–Crippen MR) is 85.8 cm³/mol. The molecule has 1 aromatic carbocycles. The third-order valence-corrected chi connectivity index (χ3v) is 4.07. The summed E-state index contributed by atoms with van der Waals surface area (Å²) in [5.41, 5.74) is 3.22. The lowest BCUT2D eigenvalue weighted by Gasteiger charge is -2.28. The van der Waals surface area contributed by atoms with Gasteiger partial charge in [0, 0.05) is 25.9 Å². The first-order valence-electron chi connectivity index (χ1n) is 7.84. The molecule has 1 atom stereocenters. The largest absolute Gasteiger partial charge is 0.376 e. The van der Waals surface area contributed by atoms with Gasteiger partial charge in [-0.3, -0.25) is 0 Å². The molecule has 0 spiro atoms. The van der Waals surface area contributed by atoms with Crippen LogP contribution in [0.3, 0.4) is 0 Å². The molecule has 1 saturated heterocycles. The lowest BCUT2D eigenvalue weighted by atomic mass is 10.1. The number of carbonyl (C=O) groups excluding carboxylic acids is 1. The molecule has 116 valence electrons. The Hall–Kier alpha value is -1.55. The van der Waals surface area contributed by atoms with Crippen LogP contribution in [0, 0.1) is 6.92 Å². The van der Waals surface area contributed by atoms with Crippen molar-refractivity contribution < 1.29 is 9.53 Å². The molecular weight excluding hydrogens is 264 g/mol. The van der Waals surface area contributed by atoms with Gasteiger partial charge in [0.15, 0.2) is 0 Å². The molecule has 4 heteroatoms. The minimum atomic E-state index is -0.0619. The quantitative estimate of drug-likeness (QED) is 0.920. The van der Waals surface area contributed by atoms with Crippen LogP contribution in [0.1, 0.15) is 37.3 Å². The van der Waals surface area contributed by atoms with Crippen LogP contribution in [0.4, 0.5) is 10.5 Å². The summed E-state index contributed by atoms with van der Waals surface area (Å²) in [6.07, 6.45) is 4.46. The van der Waals surface area contributed by atoms with Crippen LogP contribution < -0.4 is 5.32 Å². The zero-order valence-electron chi connectivity index (χ0n) is 13.3. The maximum Gasteiger partial charge on any atom is 0.321 e. The van der Waals surface area contributed by atoms with E-state index in [2.05, 4.69) is 18.3 Å². The normalized spacial score (nSPS) is 18.3. The van der Waals surface area contributed by atoms with Crippen molar-refractivity contribution in [1.82, 2.24) is 4.90 Å². The molecule has 1 aliphatic rings. The number of rotatable bonds is 4. The number of urea groups is 1. The molecule has 0 aliphatic carbocycles. The molecule has 0 aromatic heterocycles. The Morgan fingerprint density at radius 1 is 1.43 bits per heavy atom. The highest BCUT2D eigenvalue weighted by molar-refractivity contribution is 5.91. The van der Waals surface area contributed by atoms with Crippen LogP contribution in [-0.4, -0.2) is 37.2 Å². The molecule has 0 radical (unpaired) electrons. The summed E-state index contributed by atoms with van der Waals surface area (Å²) in [4.78, 5) is 14.1. The number of hydrogen-bond donors (Lipinski definition) is 1. The van der Waals surface area contributed by atoms with Gasteiger partial charge in [-0.05, 0) is 43.7 Å². The Balaban J connectivity index is 1.97. The van der Waals surface area contributed by atoms with Gasteiger partial charge in [0.05, 0.1) is 6.10 Å². The summed E-state index contributed by atoms with van der Waals surface area (Å²) in [5, 5.41) is 3.05. The summed E-state index contributed by atoms with van der Waals surface area (Å²) >= 11 is 0.